The van der Waals surface area contributed by atoms with Gasteiger partial charge in [0.15, 0.2) is 0 Å². The molecule has 0 saturated carbocycles. The van der Waals surface area contributed by atoms with Crippen LogP contribution in [0.15, 0.2) is 138 Å². The Labute approximate surface area is 293 Å². The van der Waals surface area contributed by atoms with Crippen molar-refractivity contribution < 1.29 is 33.8 Å². The molecular formula is C39H33N3O7S. The number of aromatic carboxylic acids is 1. The lowest BCUT2D eigenvalue weighted by Crippen LogP contribution is -2.30. The van der Waals surface area contributed by atoms with Crippen LogP contribution >= 0.6 is 11.8 Å². The lowest BCUT2D eigenvalue weighted by atomic mass is 10.1. The number of carbonyl (C=O) groups is 4. The molecule has 0 saturated heterocycles. The molecule has 5 aromatic rings. The van der Waals surface area contributed by atoms with Gasteiger partial charge in [-0.15, -0.1) is 11.8 Å². The molecule has 252 valence electrons. The van der Waals surface area contributed by atoms with E-state index in [1.165, 1.54) is 56.3 Å². The summed E-state index contributed by atoms with van der Waals surface area (Å²) in [5.74, 6) is -1.46. The molecule has 3 amide bonds. The minimum Gasteiger partial charge on any atom is -0.497 e. The number of ether oxygens (including phenoxy) is 2. The van der Waals surface area contributed by atoms with Gasteiger partial charge in [-0.1, -0.05) is 54.6 Å². The van der Waals surface area contributed by atoms with Crippen LogP contribution in [0.4, 0.5) is 11.4 Å². The predicted molar refractivity (Wildman–Crippen MR) is 194 cm³/mol. The van der Waals surface area contributed by atoms with Gasteiger partial charge in [-0.25, -0.2) is 4.79 Å². The lowest BCUT2D eigenvalue weighted by molar-refractivity contribution is -0.116. The summed E-state index contributed by atoms with van der Waals surface area (Å²) >= 11 is 1.27. The molecule has 10 nitrogen and oxygen atoms in total. The monoisotopic (exact) mass is 687 g/mol. The number of hydrogen-bond acceptors (Lipinski definition) is 7. The highest BCUT2D eigenvalue weighted by molar-refractivity contribution is 8.00. The molecule has 11 heteroatoms. The van der Waals surface area contributed by atoms with Gasteiger partial charge in [-0.3, -0.25) is 14.4 Å². The summed E-state index contributed by atoms with van der Waals surface area (Å²) in [6.45, 7) is 0. The number of hydrogen-bond donors (Lipinski definition) is 4. The molecule has 0 spiro atoms. The fraction of sp³-hybridized carbons (Fsp3) is 0.0769. The zero-order chi connectivity index (χ0) is 35.5. The maximum atomic E-state index is 13.8. The van der Waals surface area contributed by atoms with Crippen molar-refractivity contribution in [3.8, 4) is 11.5 Å². The van der Waals surface area contributed by atoms with Gasteiger partial charge in [0.05, 0.1) is 19.8 Å². The van der Waals surface area contributed by atoms with E-state index >= 15 is 0 Å². The quantitative estimate of drug-likeness (QED) is 0.0747. The number of carboxylic acids is 1. The minimum atomic E-state index is -1.06. The zero-order valence-corrected chi connectivity index (χ0v) is 27.9. The lowest BCUT2D eigenvalue weighted by Gasteiger charge is -2.18. The number of amides is 3. The van der Waals surface area contributed by atoms with E-state index < -0.39 is 23.0 Å². The molecule has 0 aliphatic rings. The summed E-state index contributed by atoms with van der Waals surface area (Å²) in [6.07, 6.45) is 1.51. The molecule has 5 aromatic carbocycles. The van der Waals surface area contributed by atoms with Crippen LogP contribution in [0.25, 0.3) is 6.08 Å². The van der Waals surface area contributed by atoms with E-state index in [-0.39, 0.29) is 17.2 Å². The Hall–Kier alpha value is -6.33. The molecule has 50 heavy (non-hydrogen) atoms. The number of nitrogens with one attached hydrogen (secondary N) is 3. The average molecular weight is 688 g/mol. The highest BCUT2D eigenvalue weighted by Gasteiger charge is 2.23. The number of benzene rings is 5. The Morgan fingerprint density at radius 1 is 0.700 bits per heavy atom. The van der Waals surface area contributed by atoms with E-state index in [1.807, 2.05) is 36.4 Å². The maximum Gasteiger partial charge on any atom is 0.335 e. The fourth-order valence-corrected chi connectivity index (χ4v) is 5.92. The fourth-order valence-electron chi connectivity index (χ4n) is 4.84. The first-order chi connectivity index (χ1) is 24.2. The van der Waals surface area contributed by atoms with Crippen molar-refractivity contribution in [3.63, 3.8) is 0 Å². The second-order valence-corrected chi connectivity index (χ2v) is 11.9. The van der Waals surface area contributed by atoms with E-state index in [2.05, 4.69) is 16.0 Å². The first kappa shape index (κ1) is 35.0. The highest BCUT2D eigenvalue weighted by atomic mass is 32.2. The first-order valence-electron chi connectivity index (χ1n) is 15.3. The molecule has 1 atom stereocenters. The Morgan fingerprint density at radius 3 is 2.06 bits per heavy atom. The van der Waals surface area contributed by atoms with Crippen molar-refractivity contribution >= 4 is 52.9 Å². The molecular weight excluding hydrogens is 655 g/mol. The molecule has 1 unspecified atom stereocenters. The van der Waals surface area contributed by atoms with E-state index in [1.54, 1.807) is 66.7 Å². The number of thioether (sulfide) groups is 1. The third-order valence-corrected chi connectivity index (χ3v) is 8.60. The number of carboxylic acid groups (broad SMARTS) is 1. The third kappa shape index (κ3) is 9.18. The van der Waals surface area contributed by atoms with Crippen LogP contribution in [0, 0.1) is 0 Å². The van der Waals surface area contributed by atoms with Crippen LogP contribution in [0.5, 0.6) is 11.5 Å². The first-order valence-corrected chi connectivity index (χ1v) is 16.2. The molecule has 0 aliphatic heterocycles. The van der Waals surface area contributed by atoms with Gasteiger partial charge in [0.1, 0.15) is 22.4 Å². The minimum absolute atomic E-state index is 0.0427. The topological polar surface area (TPSA) is 143 Å². The second kappa shape index (κ2) is 16.7. The van der Waals surface area contributed by atoms with Crippen molar-refractivity contribution in [2.45, 2.75) is 10.1 Å². The van der Waals surface area contributed by atoms with Gasteiger partial charge < -0.3 is 30.5 Å². The van der Waals surface area contributed by atoms with Crippen LogP contribution in [-0.2, 0) is 9.59 Å². The van der Waals surface area contributed by atoms with Crippen molar-refractivity contribution in [3.05, 3.63) is 155 Å². The van der Waals surface area contributed by atoms with Crippen molar-refractivity contribution in [1.82, 2.24) is 5.32 Å². The van der Waals surface area contributed by atoms with E-state index in [0.29, 0.717) is 38.9 Å². The van der Waals surface area contributed by atoms with Crippen LogP contribution in [0.2, 0.25) is 0 Å². The van der Waals surface area contributed by atoms with Crippen LogP contribution in [0.3, 0.4) is 0 Å². The summed E-state index contributed by atoms with van der Waals surface area (Å²) in [7, 11) is 3.03. The summed E-state index contributed by atoms with van der Waals surface area (Å²) in [5.41, 5.74) is 2.55. The zero-order valence-electron chi connectivity index (χ0n) is 27.1. The molecule has 0 fully saturated rings. The van der Waals surface area contributed by atoms with Crippen LogP contribution in [-0.4, -0.2) is 43.0 Å². The largest absolute Gasteiger partial charge is 0.497 e. The Morgan fingerprint density at radius 2 is 1.40 bits per heavy atom. The molecule has 0 aliphatic carbocycles. The second-order valence-electron chi connectivity index (χ2n) is 10.7. The summed E-state index contributed by atoms with van der Waals surface area (Å²) in [5, 5.41) is 17.0. The summed E-state index contributed by atoms with van der Waals surface area (Å²) in [4.78, 5) is 52.5. The van der Waals surface area contributed by atoms with E-state index in [9.17, 15) is 24.3 Å². The standard InChI is InChI=1S/C39H33N3O7S/c1-48-31-20-21-34(49-2)28(22-31)23-33(42-36(43)26-12-7-4-8-13-26)37(44)41-30-14-9-15-32(24-30)50-35(25-10-5-3-6-11-25)38(45)40-29-18-16-27(17-19-29)39(46)47/h3-24,35H,1-2H3,(H,40,45)(H,41,44)(H,42,43)(H,46,47)/b33-23+. The summed E-state index contributed by atoms with van der Waals surface area (Å²) in [6, 6.07) is 35.8. The van der Waals surface area contributed by atoms with E-state index in [4.69, 9.17) is 9.47 Å². The normalized spacial score (nSPS) is 11.5. The number of rotatable bonds is 13. The Bertz CT molecular complexity index is 2020. The molecule has 4 N–H and O–H groups in total. The average Bonchev–Trinajstić information content (AvgIpc) is 3.14. The van der Waals surface area contributed by atoms with Gasteiger partial charge in [-0.05, 0) is 84.4 Å². The van der Waals surface area contributed by atoms with Gasteiger partial charge >= 0.3 is 5.97 Å². The number of methoxy groups -OCH3 is 2. The van der Waals surface area contributed by atoms with E-state index in [0.717, 1.165) is 5.56 Å². The predicted octanol–water partition coefficient (Wildman–Crippen LogP) is 7.28. The molecule has 0 aromatic heterocycles. The molecule has 5 rings (SSSR count). The van der Waals surface area contributed by atoms with Crippen LogP contribution in [0.1, 0.15) is 37.1 Å². The van der Waals surface area contributed by atoms with Gasteiger partial charge in [0.2, 0.25) is 5.91 Å². The molecule has 0 heterocycles. The van der Waals surface area contributed by atoms with Crippen molar-refractivity contribution in [2.24, 2.45) is 0 Å². The molecule has 0 radical (unpaired) electrons. The van der Waals surface area contributed by atoms with Gasteiger partial charge in [-0.2, -0.15) is 0 Å². The Kier molecular flexibility index (Phi) is 11.7. The smallest absolute Gasteiger partial charge is 0.335 e. The molecule has 0 bridgehead atoms. The van der Waals surface area contributed by atoms with Crippen molar-refractivity contribution in [2.75, 3.05) is 24.9 Å². The highest BCUT2D eigenvalue weighted by Crippen LogP contribution is 2.37. The van der Waals surface area contributed by atoms with Crippen molar-refractivity contribution in [1.29, 1.82) is 0 Å². The van der Waals surface area contributed by atoms with Crippen LogP contribution < -0.4 is 25.4 Å². The third-order valence-electron chi connectivity index (χ3n) is 7.35. The SMILES string of the molecule is COc1ccc(OC)c(/C=C(/NC(=O)c2ccccc2)C(=O)Nc2cccc(SC(C(=O)Nc3ccc(C(=O)O)cc3)c3ccccc3)c2)c1. The van der Waals surface area contributed by atoms with Gasteiger partial charge in [0.25, 0.3) is 11.8 Å². The maximum absolute atomic E-state index is 13.8. The summed E-state index contributed by atoms with van der Waals surface area (Å²) < 4.78 is 10.8. The number of anilines is 2. The Balaban J connectivity index is 1.40. The number of carbonyl (C=O) groups excluding carboxylic acids is 3. The van der Waals surface area contributed by atoms with Gasteiger partial charge in [0, 0.05) is 27.4 Å².